The normalized spacial score (nSPS) is 23.7. The maximum Gasteiger partial charge on any atom is 0.258 e. The smallest absolute Gasteiger partial charge is 0.258 e. The lowest BCUT2D eigenvalue weighted by Gasteiger charge is -2.23. The average Bonchev–Trinajstić information content (AvgIpc) is 3.36. The molecule has 6 nitrogen and oxygen atoms in total. The van der Waals surface area contributed by atoms with Crippen LogP contribution >= 0.6 is 0 Å². The van der Waals surface area contributed by atoms with Crippen LogP contribution in [0.3, 0.4) is 0 Å². The number of hydrogen-bond acceptors (Lipinski definition) is 5. The zero-order valence-electron chi connectivity index (χ0n) is 15.4. The van der Waals surface area contributed by atoms with Crippen molar-refractivity contribution in [1.82, 2.24) is 20.0 Å². The van der Waals surface area contributed by atoms with Crippen LogP contribution in [0.5, 0.6) is 0 Å². The molecule has 1 atom stereocenters. The highest BCUT2D eigenvalue weighted by atomic mass is 19.1. The number of carbonyl (C=O) groups is 1. The Morgan fingerprint density at radius 1 is 1.26 bits per heavy atom. The van der Waals surface area contributed by atoms with Crippen molar-refractivity contribution in [3.05, 3.63) is 30.4 Å². The molecule has 2 fully saturated rings. The van der Waals surface area contributed by atoms with E-state index in [1.54, 1.807) is 29.4 Å². The van der Waals surface area contributed by atoms with E-state index in [9.17, 15) is 4.79 Å². The third-order valence-electron chi connectivity index (χ3n) is 5.82. The summed E-state index contributed by atoms with van der Waals surface area (Å²) in [7, 11) is 0. The number of nitrogens with zero attached hydrogens (tertiary/aromatic N) is 4. The molecule has 4 rings (SSSR count). The van der Waals surface area contributed by atoms with E-state index in [1.165, 1.54) is 32.1 Å². The van der Waals surface area contributed by atoms with Gasteiger partial charge in [0.1, 0.15) is 0 Å². The van der Waals surface area contributed by atoms with E-state index >= 15 is 4.39 Å². The van der Waals surface area contributed by atoms with Gasteiger partial charge in [-0.1, -0.05) is 37.3 Å². The number of hydrogen-bond donors (Lipinski definition) is 0. The van der Waals surface area contributed by atoms with E-state index in [4.69, 9.17) is 4.52 Å². The van der Waals surface area contributed by atoms with Crippen LogP contribution in [0.25, 0.3) is 11.5 Å². The van der Waals surface area contributed by atoms with Crippen molar-refractivity contribution in [3.63, 3.8) is 0 Å². The summed E-state index contributed by atoms with van der Waals surface area (Å²) < 4.78 is 20.6. The molecule has 2 aromatic rings. The summed E-state index contributed by atoms with van der Waals surface area (Å²) in [5, 5.41) is 3.84. The number of amides is 1. The van der Waals surface area contributed by atoms with Crippen LogP contribution in [0.15, 0.2) is 29.0 Å². The first-order valence-corrected chi connectivity index (χ1v) is 9.85. The van der Waals surface area contributed by atoms with Crippen molar-refractivity contribution in [3.8, 4) is 11.5 Å². The molecule has 1 aliphatic heterocycles. The molecule has 1 aliphatic carbocycles. The predicted octanol–water partition coefficient (Wildman–Crippen LogP) is 3.89. The Hall–Kier alpha value is -2.31. The van der Waals surface area contributed by atoms with Crippen LogP contribution in [0, 0.1) is 5.92 Å². The molecule has 0 aromatic carbocycles. The Morgan fingerprint density at radius 3 is 2.81 bits per heavy atom. The Morgan fingerprint density at radius 2 is 2.04 bits per heavy atom. The number of pyridine rings is 1. The largest absolute Gasteiger partial charge is 0.339 e. The molecule has 27 heavy (non-hydrogen) atoms. The molecule has 3 heterocycles. The van der Waals surface area contributed by atoms with Gasteiger partial charge in [-0.25, -0.2) is 4.39 Å². The second-order valence-corrected chi connectivity index (χ2v) is 7.73. The second kappa shape index (κ2) is 7.74. The van der Waals surface area contributed by atoms with Crippen LogP contribution in [0.2, 0.25) is 0 Å². The Kier molecular flexibility index (Phi) is 5.18. The third-order valence-corrected chi connectivity index (χ3v) is 5.82. The third kappa shape index (κ3) is 4.01. The highest BCUT2D eigenvalue weighted by molar-refractivity contribution is 5.76. The second-order valence-electron chi connectivity index (χ2n) is 7.73. The molecule has 1 saturated heterocycles. The summed E-state index contributed by atoms with van der Waals surface area (Å²) in [5.41, 5.74) is -1.04. The first kappa shape index (κ1) is 18.1. The van der Waals surface area contributed by atoms with E-state index in [-0.39, 0.29) is 30.6 Å². The first-order valence-electron chi connectivity index (χ1n) is 9.85. The van der Waals surface area contributed by atoms with Crippen molar-refractivity contribution in [2.45, 2.75) is 57.0 Å². The number of likely N-dealkylation sites (tertiary alicyclic amines) is 1. The van der Waals surface area contributed by atoms with Gasteiger partial charge in [0.2, 0.25) is 11.7 Å². The van der Waals surface area contributed by atoms with E-state index in [1.807, 2.05) is 0 Å². The SMILES string of the molecule is O=C(CCC1CCCCC1)N1CCC(F)(c2noc(-c3ccncc3)n2)C1. The molecule has 7 heteroatoms. The molecule has 0 N–H and O–H groups in total. The molecule has 0 bridgehead atoms. The van der Waals surface area contributed by atoms with Crippen molar-refractivity contribution < 1.29 is 13.7 Å². The number of rotatable bonds is 5. The summed E-state index contributed by atoms with van der Waals surface area (Å²) in [5.74, 6) is 0.988. The minimum absolute atomic E-state index is 0.00577. The number of halogens is 1. The molecule has 1 saturated carbocycles. The molecule has 2 aliphatic rings. The van der Waals surface area contributed by atoms with E-state index in [0.29, 0.717) is 24.4 Å². The predicted molar refractivity (Wildman–Crippen MR) is 97.3 cm³/mol. The van der Waals surface area contributed by atoms with Crippen molar-refractivity contribution >= 4 is 5.91 Å². The lowest BCUT2D eigenvalue weighted by atomic mass is 9.86. The fourth-order valence-corrected chi connectivity index (χ4v) is 4.15. The maximum atomic E-state index is 15.4. The minimum atomic E-state index is -1.74. The number of carbonyl (C=O) groups excluding carboxylic acids is 1. The van der Waals surface area contributed by atoms with E-state index < -0.39 is 5.67 Å². The van der Waals surface area contributed by atoms with E-state index in [0.717, 1.165) is 6.42 Å². The summed E-state index contributed by atoms with van der Waals surface area (Å²) >= 11 is 0. The summed E-state index contributed by atoms with van der Waals surface area (Å²) in [6.45, 7) is 0.408. The van der Waals surface area contributed by atoms with Crippen molar-refractivity contribution in [1.29, 1.82) is 0 Å². The van der Waals surface area contributed by atoms with Crippen molar-refractivity contribution in [2.24, 2.45) is 5.92 Å². The molecule has 1 unspecified atom stereocenters. The Bertz CT molecular complexity index is 775. The molecule has 144 valence electrons. The lowest BCUT2D eigenvalue weighted by Crippen LogP contribution is -2.33. The lowest BCUT2D eigenvalue weighted by molar-refractivity contribution is -0.131. The van der Waals surface area contributed by atoms with Gasteiger partial charge in [0.05, 0.1) is 6.54 Å². The van der Waals surface area contributed by atoms with Gasteiger partial charge in [-0.2, -0.15) is 4.98 Å². The highest BCUT2D eigenvalue weighted by Gasteiger charge is 2.45. The van der Waals surface area contributed by atoms with Crippen molar-refractivity contribution in [2.75, 3.05) is 13.1 Å². The molecule has 0 spiro atoms. The van der Waals surface area contributed by atoms with Gasteiger partial charge in [0.25, 0.3) is 5.89 Å². The van der Waals surface area contributed by atoms with Gasteiger partial charge in [0, 0.05) is 37.3 Å². The fourth-order valence-electron chi connectivity index (χ4n) is 4.15. The summed E-state index contributed by atoms with van der Waals surface area (Å²) in [4.78, 5) is 22.3. The zero-order chi connectivity index (χ0) is 18.7. The van der Waals surface area contributed by atoms with E-state index in [2.05, 4.69) is 15.1 Å². The Labute approximate surface area is 158 Å². The average molecular weight is 372 g/mol. The molecule has 1 amide bonds. The topological polar surface area (TPSA) is 72.1 Å². The molecule has 0 radical (unpaired) electrons. The maximum absolute atomic E-state index is 15.4. The van der Waals surface area contributed by atoms with Crippen LogP contribution in [-0.4, -0.2) is 39.0 Å². The van der Waals surface area contributed by atoms with Gasteiger partial charge >= 0.3 is 0 Å². The van der Waals surface area contributed by atoms with Gasteiger partial charge in [0.15, 0.2) is 5.67 Å². The fraction of sp³-hybridized carbons (Fsp3) is 0.600. The monoisotopic (exact) mass is 372 g/mol. The molecular formula is C20H25FN4O2. The van der Waals surface area contributed by atoms with Crippen LogP contribution < -0.4 is 0 Å². The number of aromatic nitrogens is 3. The summed E-state index contributed by atoms with van der Waals surface area (Å²) in [6.07, 6.45) is 11.2. The van der Waals surface area contributed by atoms with Gasteiger partial charge in [-0.05, 0) is 24.5 Å². The number of alkyl halides is 1. The highest BCUT2D eigenvalue weighted by Crippen LogP contribution is 2.36. The van der Waals surface area contributed by atoms with Crippen LogP contribution in [-0.2, 0) is 10.5 Å². The summed E-state index contributed by atoms with van der Waals surface area (Å²) in [6, 6.07) is 3.47. The van der Waals surface area contributed by atoms with Crippen LogP contribution in [0.4, 0.5) is 4.39 Å². The quantitative estimate of drug-likeness (QED) is 0.796. The Balaban J connectivity index is 1.36. The standard InChI is InChI=1S/C20H25FN4O2/c21-20(19-23-18(27-24-19)16-8-11-22-12-9-16)10-13-25(14-20)17(26)7-6-15-4-2-1-3-5-15/h8-9,11-12,15H,1-7,10,13-14H2. The van der Waals surface area contributed by atoms with Gasteiger partial charge in [-0.3, -0.25) is 9.78 Å². The van der Waals surface area contributed by atoms with Gasteiger partial charge in [-0.15, -0.1) is 0 Å². The van der Waals surface area contributed by atoms with Gasteiger partial charge < -0.3 is 9.42 Å². The zero-order valence-corrected chi connectivity index (χ0v) is 15.4. The minimum Gasteiger partial charge on any atom is -0.339 e. The molecule has 2 aromatic heterocycles. The first-order chi connectivity index (χ1) is 13.1. The van der Waals surface area contributed by atoms with Crippen LogP contribution in [0.1, 0.15) is 57.2 Å². The molecular weight excluding hydrogens is 347 g/mol.